The SMILES string of the molecule is COCCCN1C(=O)N(c2ccccc2)[C@H]2CC[C@@H](C)CC21. The van der Waals surface area contributed by atoms with Gasteiger partial charge in [0, 0.05) is 25.9 Å². The van der Waals surface area contributed by atoms with Crippen LogP contribution in [0.25, 0.3) is 0 Å². The van der Waals surface area contributed by atoms with E-state index < -0.39 is 0 Å². The number of ether oxygens (including phenoxy) is 1. The molecule has 1 aromatic carbocycles. The Bertz CT molecular complexity index is 505. The van der Waals surface area contributed by atoms with Crippen molar-refractivity contribution in [3.63, 3.8) is 0 Å². The second-order valence-electron chi connectivity index (χ2n) is 6.58. The summed E-state index contributed by atoms with van der Waals surface area (Å²) in [6.07, 6.45) is 4.34. The summed E-state index contributed by atoms with van der Waals surface area (Å²) in [6, 6.07) is 11.0. The zero-order valence-corrected chi connectivity index (χ0v) is 13.6. The average Bonchev–Trinajstić information content (AvgIpc) is 2.80. The summed E-state index contributed by atoms with van der Waals surface area (Å²) in [5, 5.41) is 0. The highest BCUT2D eigenvalue weighted by atomic mass is 16.5. The van der Waals surface area contributed by atoms with Crippen molar-refractivity contribution in [3.8, 4) is 0 Å². The van der Waals surface area contributed by atoms with Gasteiger partial charge < -0.3 is 9.64 Å². The highest BCUT2D eigenvalue weighted by Gasteiger charge is 2.47. The number of amides is 2. The van der Waals surface area contributed by atoms with Crippen molar-refractivity contribution >= 4 is 11.7 Å². The smallest absolute Gasteiger partial charge is 0.325 e. The van der Waals surface area contributed by atoms with Crippen molar-refractivity contribution in [1.82, 2.24) is 4.90 Å². The number of methoxy groups -OCH3 is 1. The molecular weight excluding hydrogens is 276 g/mol. The molecule has 1 unspecified atom stereocenters. The van der Waals surface area contributed by atoms with Gasteiger partial charge in [-0.2, -0.15) is 0 Å². The van der Waals surface area contributed by atoms with Crippen LogP contribution < -0.4 is 4.90 Å². The summed E-state index contributed by atoms with van der Waals surface area (Å²) in [7, 11) is 1.72. The number of para-hydroxylation sites is 1. The number of nitrogens with zero attached hydrogens (tertiary/aromatic N) is 2. The van der Waals surface area contributed by atoms with Crippen LogP contribution in [0.1, 0.15) is 32.6 Å². The van der Waals surface area contributed by atoms with Crippen molar-refractivity contribution in [2.45, 2.75) is 44.7 Å². The normalized spacial score (nSPS) is 28.1. The Balaban J connectivity index is 1.83. The molecule has 2 fully saturated rings. The standard InChI is InChI=1S/C18H26N2O2/c1-14-9-10-16-17(13-14)19(11-6-12-22-2)18(21)20(16)15-7-4-3-5-8-15/h3-5,7-8,14,16-17H,6,9-13H2,1-2H3/t14-,16+,17?/m1/s1. The molecule has 1 saturated carbocycles. The minimum atomic E-state index is 0.173. The number of urea groups is 1. The highest BCUT2D eigenvalue weighted by Crippen LogP contribution is 2.39. The zero-order valence-electron chi connectivity index (χ0n) is 13.6. The number of rotatable bonds is 5. The van der Waals surface area contributed by atoms with Gasteiger partial charge in [0.25, 0.3) is 0 Å². The topological polar surface area (TPSA) is 32.8 Å². The van der Waals surface area contributed by atoms with Gasteiger partial charge >= 0.3 is 6.03 Å². The molecule has 22 heavy (non-hydrogen) atoms. The zero-order chi connectivity index (χ0) is 15.5. The van der Waals surface area contributed by atoms with Crippen LogP contribution in [0, 0.1) is 5.92 Å². The van der Waals surface area contributed by atoms with Gasteiger partial charge in [0.1, 0.15) is 0 Å². The Morgan fingerprint density at radius 2 is 1.95 bits per heavy atom. The third-order valence-electron chi connectivity index (χ3n) is 5.01. The fourth-order valence-corrected chi connectivity index (χ4v) is 3.92. The molecule has 1 heterocycles. The molecule has 4 nitrogen and oxygen atoms in total. The first-order valence-electron chi connectivity index (χ1n) is 8.36. The molecule has 120 valence electrons. The third kappa shape index (κ3) is 2.84. The van der Waals surface area contributed by atoms with Gasteiger partial charge in [-0.3, -0.25) is 4.90 Å². The Morgan fingerprint density at radius 3 is 2.68 bits per heavy atom. The van der Waals surface area contributed by atoms with Gasteiger partial charge in [-0.25, -0.2) is 4.79 Å². The van der Waals surface area contributed by atoms with E-state index in [4.69, 9.17) is 4.74 Å². The van der Waals surface area contributed by atoms with E-state index in [-0.39, 0.29) is 6.03 Å². The van der Waals surface area contributed by atoms with E-state index in [1.165, 1.54) is 6.42 Å². The molecule has 2 aliphatic rings. The van der Waals surface area contributed by atoms with Crippen LogP contribution in [0.3, 0.4) is 0 Å². The summed E-state index contributed by atoms with van der Waals surface area (Å²) in [6.45, 7) is 3.81. The first kappa shape index (κ1) is 15.3. The molecule has 0 N–H and O–H groups in total. The molecule has 0 spiro atoms. The van der Waals surface area contributed by atoms with Crippen LogP contribution in [0.2, 0.25) is 0 Å². The number of hydrogen-bond acceptors (Lipinski definition) is 2. The van der Waals surface area contributed by atoms with Gasteiger partial charge in [0.2, 0.25) is 0 Å². The number of benzene rings is 1. The second kappa shape index (κ2) is 6.69. The Morgan fingerprint density at radius 1 is 1.18 bits per heavy atom. The van der Waals surface area contributed by atoms with Crippen molar-refractivity contribution < 1.29 is 9.53 Å². The van der Waals surface area contributed by atoms with Crippen LogP contribution in [0.5, 0.6) is 0 Å². The van der Waals surface area contributed by atoms with Crippen molar-refractivity contribution in [2.75, 3.05) is 25.2 Å². The molecular formula is C18H26N2O2. The van der Waals surface area contributed by atoms with Gasteiger partial charge in [-0.1, -0.05) is 25.1 Å². The van der Waals surface area contributed by atoms with Gasteiger partial charge in [0.05, 0.1) is 12.1 Å². The lowest BCUT2D eigenvalue weighted by Gasteiger charge is -2.35. The second-order valence-corrected chi connectivity index (χ2v) is 6.58. The molecule has 1 aliphatic carbocycles. The van der Waals surface area contributed by atoms with Crippen molar-refractivity contribution in [2.24, 2.45) is 5.92 Å². The molecule has 1 saturated heterocycles. The predicted octanol–water partition coefficient (Wildman–Crippen LogP) is 3.52. The summed E-state index contributed by atoms with van der Waals surface area (Å²) in [5.41, 5.74) is 1.03. The van der Waals surface area contributed by atoms with Crippen LogP contribution in [-0.2, 0) is 4.74 Å². The van der Waals surface area contributed by atoms with Gasteiger partial charge in [-0.15, -0.1) is 0 Å². The number of hydrogen-bond donors (Lipinski definition) is 0. The average molecular weight is 302 g/mol. The van der Waals surface area contributed by atoms with Gasteiger partial charge in [0.15, 0.2) is 0 Å². The Hall–Kier alpha value is -1.55. The highest BCUT2D eigenvalue weighted by molar-refractivity contribution is 5.95. The lowest BCUT2D eigenvalue weighted by atomic mass is 9.83. The predicted molar refractivity (Wildman–Crippen MR) is 88.1 cm³/mol. The molecule has 0 bridgehead atoms. The van der Waals surface area contributed by atoms with Crippen LogP contribution >= 0.6 is 0 Å². The number of carbonyl (C=O) groups is 1. The van der Waals surface area contributed by atoms with E-state index in [0.29, 0.717) is 24.6 Å². The van der Waals surface area contributed by atoms with Crippen LogP contribution in [0.15, 0.2) is 30.3 Å². The Labute approximate surface area is 133 Å². The molecule has 3 atom stereocenters. The van der Waals surface area contributed by atoms with E-state index in [0.717, 1.165) is 31.5 Å². The largest absolute Gasteiger partial charge is 0.385 e. The Kier molecular flexibility index (Phi) is 4.67. The number of carbonyl (C=O) groups excluding carboxylic acids is 1. The van der Waals surface area contributed by atoms with E-state index in [9.17, 15) is 4.79 Å². The maximum Gasteiger partial charge on any atom is 0.325 e. The molecule has 1 aliphatic heterocycles. The summed E-state index contributed by atoms with van der Waals surface area (Å²) < 4.78 is 5.15. The monoisotopic (exact) mass is 302 g/mol. The third-order valence-corrected chi connectivity index (χ3v) is 5.01. The van der Waals surface area contributed by atoms with Gasteiger partial charge in [-0.05, 0) is 43.7 Å². The number of anilines is 1. The number of fused-ring (bicyclic) bond motifs is 1. The fraction of sp³-hybridized carbons (Fsp3) is 0.611. The minimum absolute atomic E-state index is 0.173. The van der Waals surface area contributed by atoms with E-state index in [1.54, 1.807) is 7.11 Å². The molecule has 2 amide bonds. The fourth-order valence-electron chi connectivity index (χ4n) is 3.92. The molecule has 3 rings (SSSR count). The van der Waals surface area contributed by atoms with E-state index in [1.807, 2.05) is 35.2 Å². The molecule has 0 radical (unpaired) electrons. The minimum Gasteiger partial charge on any atom is -0.385 e. The molecule has 4 heteroatoms. The van der Waals surface area contributed by atoms with Crippen LogP contribution in [-0.4, -0.2) is 43.3 Å². The van der Waals surface area contributed by atoms with E-state index >= 15 is 0 Å². The first-order valence-corrected chi connectivity index (χ1v) is 8.36. The lowest BCUT2D eigenvalue weighted by molar-refractivity contribution is 0.150. The molecule has 0 aromatic heterocycles. The maximum atomic E-state index is 13.0. The molecule has 1 aromatic rings. The van der Waals surface area contributed by atoms with Crippen molar-refractivity contribution in [3.05, 3.63) is 30.3 Å². The van der Waals surface area contributed by atoms with E-state index in [2.05, 4.69) is 11.8 Å². The first-order chi connectivity index (χ1) is 10.7. The summed E-state index contributed by atoms with van der Waals surface area (Å²) in [5.74, 6) is 0.703. The summed E-state index contributed by atoms with van der Waals surface area (Å²) >= 11 is 0. The lowest BCUT2D eigenvalue weighted by Crippen LogP contribution is -2.42. The quantitative estimate of drug-likeness (QED) is 0.780. The maximum absolute atomic E-state index is 13.0. The summed E-state index contributed by atoms with van der Waals surface area (Å²) in [4.78, 5) is 17.1. The van der Waals surface area contributed by atoms with Crippen molar-refractivity contribution in [1.29, 1.82) is 0 Å². The van der Waals surface area contributed by atoms with Crippen LogP contribution in [0.4, 0.5) is 10.5 Å².